The van der Waals surface area contributed by atoms with Gasteiger partial charge in [-0.05, 0) is 61.0 Å². The minimum Gasteiger partial charge on any atom is -0.457 e. The molecule has 5 heteroatoms. The maximum absolute atomic E-state index is 12.6. The predicted molar refractivity (Wildman–Crippen MR) is 113 cm³/mol. The van der Waals surface area contributed by atoms with Crippen molar-refractivity contribution in [1.29, 1.82) is 0 Å². The zero-order valence-electron chi connectivity index (χ0n) is 16.2. The van der Waals surface area contributed by atoms with Gasteiger partial charge in [0.2, 0.25) is 11.8 Å². The molecule has 0 aliphatic carbocycles. The molecular weight excluding hydrogens is 364 g/mol. The third-order valence-corrected chi connectivity index (χ3v) is 4.91. The van der Waals surface area contributed by atoms with Crippen molar-refractivity contribution in [2.75, 3.05) is 16.8 Å². The average molecular weight is 386 g/mol. The second-order valence-corrected chi connectivity index (χ2v) is 7.17. The summed E-state index contributed by atoms with van der Waals surface area (Å²) in [7, 11) is 0. The van der Waals surface area contributed by atoms with Crippen LogP contribution in [0.2, 0.25) is 0 Å². The Balaban J connectivity index is 1.37. The minimum absolute atomic E-state index is 0.0294. The number of nitrogens with zero attached hydrogens (tertiary/aromatic N) is 1. The summed E-state index contributed by atoms with van der Waals surface area (Å²) in [5.41, 5.74) is 2.63. The molecule has 0 bridgehead atoms. The van der Waals surface area contributed by atoms with Gasteiger partial charge >= 0.3 is 0 Å². The third-order valence-electron chi connectivity index (χ3n) is 4.91. The molecule has 0 radical (unpaired) electrons. The van der Waals surface area contributed by atoms with Crippen molar-refractivity contribution >= 4 is 23.2 Å². The van der Waals surface area contributed by atoms with Crippen molar-refractivity contribution in [2.45, 2.75) is 13.3 Å². The van der Waals surface area contributed by atoms with Crippen molar-refractivity contribution in [3.05, 3.63) is 84.4 Å². The number of nitrogens with one attached hydrogen (secondary N) is 1. The summed E-state index contributed by atoms with van der Waals surface area (Å²) in [5.74, 6) is 0.917. The van der Waals surface area contributed by atoms with Crippen molar-refractivity contribution < 1.29 is 14.3 Å². The summed E-state index contributed by atoms with van der Waals surface area (Å²) in [6, 6.07) is 24.5. The number of amides is 2. The maximum Gasteiger partial charge on any atom is 0.229 e. The molecule has 1 saturated heterocycles. The number of aryl methyl sites for hydroxylation is 1. The zero-order chi connectivity index (χ0) is 20.2. The van der Waals surface area contributed by atoms with E-state index in [1.165, 1.54) is 0 Å². The summed E-state index contributed by atoms with van der Waals surface area (Å²) in [6.45, 7) is 2.40. The Labute approximate surface area is 169 Å². The molecule has 0 aromatic heterocycles. The van der Waals surface area contributed by atoms with Gasteiger partial charge in [0.15, 0.2) is 0 Å². The molecule has 29 heavy (non-hydrogen) atoms. The van der Waals surface area contributed by atoms with E-state index in [1.54, 1.807) is 17.0 Å². The van der Waals surface area contributed by atoms with E-state index in [-0.39, 0.29) is 24.2 Å². The number of anilines is 2. The number of para-hydroxylation sites is 1. The smallest absolute Gasteiger partial charge is 0.229 e. The molecule has 5 nitrogen and oxygen atoms in total. The largest absolute Gasteiger partial charge is 0.457 e. The Kier molecular flexibility index (Phi) is 5.29. The van der Waals surface area contributed by atoms with E-state index in [0.29, 0.717) is 18.0 Å². The van der Waals surface area contributed by atoms with Crippen LogP contribution >= 0.6 is 0 Å². The molecule has 1 atom stereocenters. The second-order valence-electron chi connectivity index (χ2n) is 7.17. The molecule has 3 aromatic rings. The zero-order valence-corrected chi connectivity index (χ0v) is 16.2. The standard InChI is InChI=1S/C24H22N2O3/c1-17-6-5-9-22(14-17)29-21-12-10-19(11-13-21)25-24(28)18-15-23(27)26(16-18)20-7-3-2-4-8-20/h2-14,18H,15-16H2,1H3,(H,25,28)/t18-/m1/s1. The monoisotopic (exact) mass is 386 g/mol. The molecule has 1 heterocycles. The first-order valence-electron chi connectivity index (χ1n) is 9.59. The topological polar surface area (TPSA) is 58.6 Å². The van der Waals surface area contributed by atoms with Gasteiger partial charge in [-0.2, -0.15) is 0 Å². The van der Waals surface area contributed by atoms with Crippen molar-refractivity contribution in [2.24, 2.45) is 5.92 Å². The first-order chi connectivity index (χ1) is 14.1. The lowest BCUT2D eigenvalue weighted by Gasteiger charge is -2.16. The van der Waals surface area contributed by atoms with Crippen molar-refractivity contribution in [3.8, 4) is 11.5 Å². The normalized spacial score (nSPS) is 16.0. The molecular formula is C24H22N2O3. The third kappa shape index (κ3) is 4.46. The number of carbonyl (C=O) groups excluding carboxylic acids is 2. The molecule has 0 saturated carbocycles. The van der Waals surface area contributed by atoms with Crippen LogP contribution < -0.4 is 15.0 Å². The van der Waals surface area contributed by atoms with E-state index in [4.69, 9.17) is 4.74 Å². The fourth-order valence-electron chi connectivity index (χ4n) is 3.41. The van der Waals surface area contributed by atoms with Crippen molar-refractivity contribution in [3.63, 3.8) is 0 Å². The highest BCUT2D eigenvalue weighted by Crippen LogP contribution is 2.27. The van der Waals surface area contributed by atoms with Gasteiger partial charge in [-0.3, -0.25) is 9.59 Å². The van der Waals surface area contributed by atoms with Crippen LogP contribution in [0.3, 0.4) is 0 Å². The summed E-state index contributed by atoms with van der Waals surface area (Å²) in [4.78, 5) is 26.6. The van der Waals surface area contributed by atoms with E-state index >= 15 is 0 Å². The number of hydrogen-bond acceptors (Lipinski definition) is 3. The number of carbonyl (C=O) groups is 2. The minimum atomic E-state index is -0.370. The molecule has 1 aliphatic heterocycles. The van der Waals surface area contributed by atoms with Crippen LogP contribution in [-0.2, 0) is 9.59 Å². The molecule has 1 aliphatic rings. The van der Waals surface area contributed by atoms with Crippen LogP contribution in [-0.4, -0.2) is 18.4 Å². The highest BCUT2D eigenvalue weighted by Gasteiger charge is 2.35. The highest BCUT2D eigenvalue weighted by atomic mass is 16.5. The fourth-order valence-corrected chi connectivity index (χ4v) is 3.41. The average Bonchev–Trinajstić information content (AvgIpc) is 3.12. The second kappa shape index (κ2) is 8.19. The van der Waals surface area contributed by atoms with E-state index in [2.05, 4.69) is 5.32 Å². The van der Waals surface area contributed by atoms with Gasteiger partial charge in [0.1, 0.15) is 11.5 Å². The van der Waals surface area contributed by atoms with Crippen LogP contribution in [0, 0.1) is 12.8 Å². The van der Waals surface area contributed by atoms with Gasteiger partial charge in [0.05, 0.1) is 5.92 Å². The lowest BCUT2D eigenvalue weighted by Crippen LogP contribution is -2.28. The first-order valence-corrected chi connectivity index (χ1v) is 9.59. The quantitative estimate of drug-likeness (QED) is 0.687. The van der Waals surface area contributed by atoms with Crippen LogP contribution in [0.1, 0.15) is 12.0 Å². The van der Waals surface area contributed by atoms with Crippen LogP contribution in [0.5, 0.6) is 11.5 Å². The molecule has 1 N–H and O–H groups in total. The van der Waals surface area contributed by atoms with Crippen LogP contribution in [0.4, 0.5) is 11.4 Å². The van der Waals surface area contributed by atoms with E-state index in [1.807, 2.05) is 73.7 Å². The van der Waals surface area contributed by atoms with Gasteiger partial charge in [-0.1, -0.05) is 30.3 Å². The molecule has 0 unspecified atom stereocenters. The lowest BCUT2D eigenvalue weighted by atomic mass is 10.1. The van der Waals surface area contributed by atoms with Gasteiger partial charge in [0, 0.05) is 24.3 Å². The summed E-state index contributed by atoms with van der Waals surface area (Å²) < 4.78 is 5.83. The molecule has 0 spiro atoms. The maximum atomic E-state index is 12.6. The molecule has 1 fully saturated rings. The van der Waals surface area contributed by atoms with Gasteiger partial charge in [0.25, 0.3) is 0 Å². The Morgan fingerprint density at radius 3 is 2.45 bits per heavy atom. The van der Waals surface area contributed by atoms with Crippen LogP contribution in [0.15, 0.2) is 78.9 Å². The number of benzene rings is 3. The molecule has 2 amide bonds. The number of ether oxygens (including phenoxy) is 1. The van der Waals surface area contributed by atoms with Gasteiger partial charge in [-0.25, -0.2) is 0 Å². The van der Waals surface area contributed by atoms with E-state index < -0.39 is 0 Å². The van der Waals surface area contributed by atoms with Crippen molar-refractivity contribution in [1.82, 2.24) is 0 Å². The first kappa shape index (κ1) is 18.7. The predicted octanol–water partition coefficient (Wildman–Crippen LogP) is 4.78. The van der Waals surface area contributed by atoms with E-state index in [9.17, 15) is 9.59 Å². The Bertz CT molecular complexity index is 1020. The van der Waals surface area contributed by atoms with Gasteiger partial charge in [-0.15, -0.1) is 0 Å². The fraction of sp³-hybridized carbons (Fsp3) is 0.167. The molecule has 3 aromatic carbocycles. The SMILES string of the molecule is Cc1cccc(Oc2ccc(NC(=O)[C@@H]3CC(=O)N(c4ccccc4)C3)cc2)c1. The number of hydrogen-bond donors (Lipinski definition) is 1. The van der Waals surface area contributed by atoms with Crippen LogP contribution in [0.25, 0.3) is 0 Å². The summed E-state index contributed by atoms with van der Waals surface area (Å²) in [6.07, 6.45) is 0.218. The highest BCUT2D eigenvalue weighted by molar-refractivity contribution is 6.03. The summed E-state index contributed by atoms with van der Waals surface area (Å²) in [5, 5.41) is 2.90. The molecule has 4 rings (SSSR count). The number of rotatable bonds is 5. The molecule has 146 valence electrons. The lowest BCUT2D eigenvalue weighted by molar-refractivity contribution is -0.122. The Hall–Kier alpha value is -3.60. The Morgan fingerprint density at radius 1 is 0.966 bits per heavy atom. The summed E-state index contributed by atoms with van der Waals surface area (Å²) >= 11 is 0. The van der Waals surface area contributed by atoms with E-state index in [0.717, 1.165) is 17.0 Å². The Morgan fingerprint density at radius 2 is 1.72 bits per heavy atom. The van der Waals surface area contributed by atoms with Gasteiger partial charge < -0.3 is 15.0 Å².